The summed E-state index contributed by atoms with van der Waals surface area (Å²) in [6, 6.07) is 13.2. The number of aryl methyl sites for hydroxylation is 1. The summed E-state index contributed by atoms with van der Waals surface area (Å²) in [6.07, 6.45) is 0. The maximum atomic E-state index is 13.9. The van der Waals surface area contributed by atoms with Crippen LogP contribution in [0.4, 0.5) is 9.18 Å². The van der Waals surface area contributed by atoms with Crippen molar-refractivity contribution in [2.24, 2.45) is 0 Å². The van der Waals surface area contributed by atoms with Gasteiger partial charge in [-0.15, -0.1) is 0 Å². The van der Waals surface area contributed by atoms with Gasteiger partial charge >= 0.3 is 6.03 Å². The van der Waals surface area contributed by atoms with E-state index in [2.05, 4.69) is 5.32 Å². The molecule has 0 spiro atoms. The van der Waals surface area contributed by atoms with Crippen molar-refractivity contribution in [2.75, 3.05) is 26.2 Å². The van der Waals surface area contributed by atoms with E-state index < -0.39 is 5.82 Å². The monoisotopic (exact) mass is 409 g/mol. The number of furan rings is 1. The number of para-hydroxylation sites is 1. The van der Waals surface area contributed by atoms with E-state index in [-0.39, 0.29) is 23.5 Å². The molecule has 2 heterocycles. The van der Waals surface area contributed by atoms with E-state index in [0.29, 0.717) is 26.2 Å². The van der Waals surface area contributed by atoms with Gasteiger partial charge in [0.1, 0.15) is 17.2 Å². The fraction of sp³-hybridized carbons (Fsp3) is 0.304. The fourth-order valence-corrected chi connectivity index (χ4v) is 3.87. The first kappa shape index (κ1) is 19.9. The Hall–Kier alpha value is -3.35. The van der Waals surface area contributed by atoms with Crippen LogP contribution in [0.5, 0.6) is 0 Å². The molecule has 3 amide bonds. The highest BCUT2D eigenvalue weighted by Crippen LogP contribution is 2.29. The van der Waals surface area contributed by atoms with Gasteiger partial charge in [-0.3, -0.25) is 4.79 Å². The average Bonchev–Trinajstić information content (AvgIpc) is 3.10. The van der Waals surface area contributed by atoms with Crippen molar-refractivity contribution in [3.05, 3.63) is 71.2 Å². The Bertz CT molecular complexity index is 1090. The SMILES string of the molecule is Cc1c(C(C)NC(=O)N2CCN(C(=O)c3ccccc3F)CC2)oc2ccccc12. The van der Waals surface area contributed by atoms with Gasteiger partial charge < -0.3 is 19.5 Å². The predicted octanol–water partition coefficient (Wildman–Crippen LogP) is 4.11. The Labute approximate surface area is 174 Å². The van der Waals surface area contributed by atoms with Gasteiger partial charge in [-0.2, -0.15) is 0 Å². The Balaban J connectivity index is 1.37. The zero-order valence-corrected chi connectivity index (χ0v) is 17.0. The van der Waals surface area contributed by atoms with Crippen molar-refractivity contribution >= 4 is 22.9 Å². The molecular weight excluding hydrogens is 385 g/mol. The highest BCUT2D eigenvalue weighted by atomic mass is 19.1. The maximum Gasteiger partial charge on any atom is 0.318 e. The molecule has 1 aliphatic heterocycles. The number of piperazine rings is 1. The second kappa shape index (κ2) is 8.18. The summed E-state index contributed by atoms with van der Waals surface area (Å²) >= 11 is 0. The fourth-order valence-electron chi connectivity index (χ4n) is 3.87. The zero-order valence-electron chi connectivity index (χ0n) is 17.0. The number of nitrogens with one attached hydrogen (secondary N) is 1. The number of nitrogens with zero attached hydrogens (tertiary/aromatic N) is 2. The number of carbonyl (C=O) groups excluding carboxylic acids is 2. The van der Waals surface area contributed by atoms with E-state index in [9.17, 15) is 14.0 Å². The Morgan fingerprint density at radius 2 is 1.63 bits per heavy atom. The number of halogens is 1. The van der Waals surface area contributed by atoms with Gasteiger partial charge in [0.05, 0.1) is 11.6 Å². The molecule has 30 heavy (non-hydrogen) atoms. The second-order valence-electron chi connectivity index (χ2n) is 7.52. The first-order chi connectivity index (χ1) is 14.5. The van der Waals surface area contributed by atoms with Crippen molar-refractivity contribution in [3.63, 3.8) is 0 Å². The molecule has 2 aromatic carbocycles. The van der Waals surface area contributed by atoms with E-state index in [1.54, 1.807) is 21.9 Å². The molecule has 0 bridgehead atoms. The first-order valence-electron chi connectivity index (χ1n) is 10.0. The minimum absolute atomic E-state index is 0.0596. The third kappa shape index (κ3) is 3.75. The molecule has 6 nitrogen and oxygen atoms in total. The third-order valence-corrected chi connectivity index (χ3v) is 5.57. The summed E-state index contributed by atoms with van der Waals surface area (Å²) in [4.78, 5) is 28.5. The normalized spacial score (nSPS) is 15.3. The molecule has 1 aromatic heterocycles. The van der Waals surface area contributed by atoms with Crippen molar-refractivity contribution in [2.45, 2.75) is 19.9 Å². The lowest BCUT2D eigenvalue weighted by molar-refractivity contribution is 0.0658. The van der Waals surface area contributed by atoms with E-state index in [1.807, 2.05) is 38.1 Å². The van der Waals surface area contributed by atoms with Crippen LogP contribution in [0.3, 0.4) is 0 Å². The van der Waals surface area contributed by atoms with Crippen LogP contribution in [0.1, 0.15) is 34.6 Å². The second-order valence-corrected chi connectivity index (χ2v) is 7.52. The van der Waals surface area contributed by atoms with E-state index in [4.69, 9.17) is 4.42 Å². The maximum absolute atomic E-state index is 13.9. The summed E-state index contributed by atoms with van der Waals surface area (Å²) in [5, 5.41) is 4.02. The number of rotatable bonds is 3. The highest BCUT2D eigenvalue weighted by molar-refractivity contribution is 5.94. The molecule has 1 N–H and O–H groups in total. The molecule has 0 radical (unpaired) electrons. The number of hydrogen-bond donors (Lipinski definition) is 1. The van der Waals surface area contributed by atoms with Crippen LogP contribution in [-0.4, -0.2) is 47.9 Å². The summed E-state index contributed by atoms with van der Waals surface area (Å²) < 4.78 is 19.8. The lowest BCUT2D eigenvalue weighted by Gasteiger charge is -2.35. The van der Waals surface area contributed by atoms with E-state index >= 15 is 0 Å². The van der Waals surface area contributed by atoms with Crippen molar-refractivity contribution in [3.8, 4) is 0 Å². The molecule has 156 valence electrons. The molecule has 1 unspecified atom stereocenters. The molecular formula is C23H24FN3O3. The zero-order chi connectivity index (χ0) is 21.3. The predicted molar refractivity (Wildman–Crippen MR) is 112 cm³/mol. The van der Waals surface area contributed by atoms with E-state index in [0.717, 1.165) is 22.3 Å². The van der Waals surface area contributed by atoms with Gasteiger partial charge in [0.15, 0.2) is 0 Å². The number of fused-ring (bicyclic) bond motifs is 1. The Morgan fingerprint density at radius 3 is 2.33 bits per heavy atom. The summed E-state index contributed by atoms with van der Waals surface area (Å²) in [5.74, 6) is -0.143. The van der Waals surface area contributed by atoms with Crippen LogP contribution >= 0.6 is 0 Å². The van der Waals surface area contributed by atoms with Crippen molar-refractivity contribution < 1.29 is 18.4 Å². The highest BCUT2D eigenvalue weighted by Gasteiger charge is 2.27. The molecule has 3 aromatic rings. The number of urea groups is 1. The molecule has 0 aliphatic carbocycles. The van der Waals surface area contributed by atoms with Crippen LogP contribution < -0.4 is 5.32 Å². The summed E-state index contributed by atoms with van der Waals surface area (Å²) in [7, 11) is 0. The van der Waals surface area contributed by atoms with Gasteiger partial charge in [-0.1, -0.05) is 30.3 Å². The standard InChI is InChI=1S/C23H24FN3O3/c1-15-17-7-4-6-10-20(17)30-21(15)16(2)25-23(29)27-13-11-26(12-14-27)22(28)18-8-3-5-9-19(18)24/h3-10,16H,11-14H2,1-2H3,(H,25,29). The van der Waals surface area contributed by atoms with E-state index in [1.165, 1.54) is 12.1 Å². The summed E-state index contributed by atoms with van der Waals surface area (Å²) in [6.45, 7) is 5.37. The van der Waals surface area contributed by atoms with Crippen LogP contribution in [0.2, 0.25) is 0 Å². The minimum atomic E-state index is -0.530. The average molecular weight is 409 g/mol. The molecule has 1 aliphatic rings. The first-order valence-corrected chi connectivity index (χ1v) is 10.0. The summed E-state index contributed by atoms with van der Waals surface area (Å²) in [5.41, 5.74) is 1.87. The molecule has 1 saturated heterocycles. The quantitative estimate of drug-likeness (QED) is 0.708. The lowest BCUT2D eigenvalue weighted by Crippen LogP contribution is -2.53. The van der Waals surface area contributed by atoms with Crippen LogP contribution in [0.15, 0.2) is 52.9 Å². The molecule has 4 rings (SSSR count). The lowest BCUT2D eigenvalue weighted by atomic mass is 10.1. The van der Waals surface area contributed by atoms with Gasteiger partial charge in [-0.05, 0) is 32.0 Å². The number of amides is 3. The number of hydrogen-bond acceptors (Lipinski definition) is 3. The Kier molecular flexibility index (Phi) is 5.44. The smallest absolute Gasteiger partial charge is 0.318 e. The Morgan fingerprint density at radius 1 is 1.00 bits per heavy atom. The van der Waals surface area contributed by atoms with Crippen molar-refractivity contribution in [1.29, 1.82) is 0 Å². The van der Waals surface area contributed by atoms with Gasteiger partial charge in [0.25, 0.3) is 5.91 Å². The topological polar surface area (TPSA) is 65.8 Å². The number of carbonyl (C=O) groups is 2. The molecule has 1 fully saturated rings. The van der Waals surface area contributed by atoms with Crippen molar-refractivity contribution in [1.82, 2.24) is 15.1 Å². The van der Waals surface area contributed by atoms with Crippen LogP contribution in [0.25, 0.3) is 11.0 Å². The van der Waals surface area contributed by atoms with Crippen LogP contribution in [-0.2, 0) is 0 Å². The van der Waals surface area contributed by atoms with Gasteiger partial charge in [0.2, 0.25) is 0 Å². The van der Waals surface area contributed by atoms with Gasteiger partial charge in [0, 0.05) is 37.1 Å². The molecule has 0 saturated carbocycles. The molecule has 7 heteroatoms. The number of benzene rings is 2. The van der Waals surface area contributed by atoms with Gasteiger partial charge in [-0.25, -0.2) is 9.18 Å². The third-order valence-electron chi connectivity index (χ3n) is 5.57. The molecule has 1 atom stereocenters. The largest absolute Gasteiger partial charge is 0.459 e. The van der Waals surface area contributed by atoms with Crippen LogP contribution in [0, 0.1) is 12.7 Å². The minimum Gasteiger partial charge on any atom is -0.459 e.